The number of hydrogen-bond donors (Lipinski definition) is 2. The third-order valence-corrected chi connectivity index (χ3v) is 4.26. The van der Waals surface area contributed by atoms with Crippen LogP contribution >= 0.6 is 0 Å². The minimum absolute atomic E-state index is 0.0618. The number of fused-ring (bicyclic) bond motifs is 1. The van der Waals surface area contributed by atoms with E-state index in [0.717, 1.165) is 16.8 Å². The maximum atomic E-state index is 12.3. The minimum atomic E-state index is -0.268. The summed E-state index contributed by atoms with van der Waals surface area (Å²) in [6, 6.07) is 15.9. The number of nitrogens with zero attached hydrogens (tertiary/aromatic N) is 2. The van der Waals surface area contributed by atoms with E-state index in [-0.39, 0.29) is 12.1 Å². The average molecular weight is 318 g/mol. The van der Waals surface area contributed by atoms with Crippen LogP contribution in [0.15, 0.2) is 60.9 Å². The van der Waals surface area contributed by atoms with E-state index < -0.39 is 0 Å². The number of para-hydroxylation sites is 1. The van der Waals surface area contributed by atoms with Crippen molar-refractivity contribution < 1.29 is 4.79 Å². The van der Waals surface area contributed by atoms with Gasteiger partial charge >= 0.3 is 0 Å². The Morgan fingerprint density at radius 3 is 2.75 bits per heavy atom. The maximum Gasteiger partial charge on any atom is 0.255 e. The summed E-state index contributed by atoms with van der Waals surface area (Å²) in [5.41, 5.74) is 4.76. The van der Waals surface area contributed by atoms with Gasteiger partial charge in [0.05, 0.1) is 24.0 Å². The van der Waals surface area contributed by atoms with E-state index in [1.54, 1.807) is 6.20 Å². The van der Waals surface area contributed by atoms with E-state index in [4.69, 9.17) is 0 Å². The summed E-state index contributed by atoms with van der Waals surface area (Å²) in [4.78, 5) is 12.3. The minimum Gasteiger partial charge on any atom is -0.361 e. The standard InChI is InChI=1S/C19H18N4O/c1-13-6-5-9-16-17(13)21-18(22-19(16)24)15-10-20-23(12-15)11-14-7-3-2-4-8-14/h2-10,12,18,21H,11H2,1H3,(H,22,24)/t18-/m1/s1. The first-order chi connectivity index (χ1) is 11.7. The van der Waals surface area contributed by atoms with Gasteiger partial charge in [0.1, 0.15) is 6.17 Å². The van der Waals surface area contributed by atoms with Crippen molar-refractivity contribution in [1.29, 1.82) is 0 Å². The Morgan fingerprint density at radius 1 is 1.08 bits per heavy atom. The molecule has 1 aliphatic rings. The van der Waals surface area contributed by atoms with Gasteiger partial charge in [0.2, 0.25) is 0 Å². The molecule has 0 unspecified atom stereocenters. The lowest BCUT2D eigenvalue weighted by molar-refractivity contribution is 0.0935. The number of hydrogen-bond acceptors (Lipinski definition) is 3. The number of aryl methyl sites for hydroxylation is 1. The van der Waals surface area contributed by atoms with Crippen LogP contribution < -0.4 is 10.6 Å². The number of carbonyl (C=O) groups is 1. The van der Waals surface area contributed by atoms with Crippen LogP contribution in [0.25, 0.3) is 0 Å². The number of nitrogens with one attached hydrogen (secondary N) is 2. The fraction of sp³-hybridized carbons (Fsp3) is 0.158. The second kappa shape index (κ2) is 5.85. The van der Waals surface area contributed by atoms with Crippen molar-refractivity contribution in [2.75, 3.05) is 5.32 Å². The van der Waals surface area contributed by atoms with Gasteiger partial charge in [-0.15, -0.1) is 0 Å². The molecule has 0 fully saturated rings. The predicted molar refractivity (Wildman–Crippen MR) is 92.8 cm³/mol. The molecule has 5 heteroatoms. The Morgan fingerprint density at radius 2 is 1.92 bits per heavy atom. The van der Waals surface area contributed by atoms with Gasteiger partial charge in [0, 0.05) is 11.8 Å². The van der Waals surface area contributed by atoms with E-state index in [9.17, 15) is 4.79 Å². The Hall–Kier alpha value is -3.08. The second-order valence-electron chi connectivity index (χ2n) is 6.01. The molecule has 0 aliphatic carbocycles. The zero-order valence-electron chi connectivity index (χ0n) is 13.4. The third-order valence-electron chi connectivity index (χ3n) is 4.26. The van der Waals surface area contributed by atoms with E-state index in [2.05, 4.69) is 27.9 Å². The highest BCUT2D eigenvalue weighted by Gasteiger charge is 2.26. The van der Waals surface area contributed by atoms with E-state index in [1.165, 1.54) is 5.56 Å². The molecule has 1 amide bonds. The van der Waals surface area contributed by atoms with E-state index >= 15 is 0 Å². The van der Waals surface area contributed by atoms with Gasteiger partial charge in [-0.2, -0.15) is 5.10 Å². The van der Waals surface area contributed by atoms with Gasteiger partial charge in [0.15, 0.2) is 0 Å². The lowest BCUT2D eigenvalue weighted by Gasteiger charge is -2.28. The third kappa shape index (κ3) is 2.65. The summed E-state index contributed by atoms with van der Waals surface area (Å²) in [6.45, 7) is 2.71. The molecule has 5 nitrogen and oxygen atoms in total. The number of amides is 1. The molecular weight excluding hydrogens is 300 g/mol. The molecule has 0 saturated heterocycles. The molecule has 2 heterocycles. The molecule has 0 bridgehead atoms. The van der Waals surface area contributed by atoms with Crippen molar-refractivity contribution in [2.24, 2.45) is 0 Å². The molecule has 2 N–H and O–H groups in total. The van der Waals surface area contributed by atoms with Gasteiger partial charge in [-0.3, -0.25) is 9.48 Å². The van der Waals surface area contributed by atoms with E-state index in [0.29, 0.717) is 12.1 Å². The van der Waals surface area contributed by atoms with Crippen molar-refractivity contribution in [3.05, 3.63) is 83.2 Å². The highest BCUT2D eigenvalue weighted by molar-refractivity contribution is 6.02. The highest BCUT2D eigenvalue weighted by Crippen LogP contribution is 2.29. The van der Waals surface area contributed by atoms with Crippen LogP contribution in [0.3, 0.4) is 0 Å². The van der Waals surface area contributed by atoms with Crippen LogP contribution in [0, 0.1) is 6.92 Å². The first kappa shape index (κ1) is 14.5. The SMILES string of the molecule is Cc1cccc2c1N[C@@H](c1cnn(Cc3ccccc3)c1)NC2=O. The smallest absolute Gasteiger partial charge is 0.255 e. The Kier molecular flexibility index (Phi) is 3.54. The van der Waals surface area contributed by atoms with E-state index in [1.807, 2.05) is 54.2 Å². The van der Waals surface area contributed by atoms with Crippen LogP contribution in [0.1, 0.15) is 33.2 Å². The molecule has 0 spiro atoms. The zero-order valence-corrected chi connectivity index (χ0v) is 13.4. The molecular formula is C19H18N4O. The summed E-state index contributed by atoms with van der Waals surface area (Å²) in [6.07, 6.45) is 3.49. The molecule has 0 saturated carbocycles. The van der Waals surface area contributed by atoms with Crippen molar-refractivity contribution >= 4 is 11.6 Å². The van der Waals surface area contributed by atoms with Crippen LogP contribution in [-0.2, 0) is 6.54 Å². The average Bonchev–Trinajstić information content (AvgIpc) is 3.05. The molecule has 1 aliphatic heterocycles. The highest BCUT2D eigenvalue weighted by atomic mass is 16.2. The summed E-state index contributed by atoms with van der Waals surface area (Å²) >= 11 is 0. The first-order valence-corrected chi connectivity index (χ1v) is 7.94. The lowest BCUT2D eigenvalue weighted by atomic mass is 10.0. The second-order valence-corrected chi connectivity index (χ2v) is 6.01. The molecule has 24 heavy (non-hydrogen) atoms. The fourth-order valence-corrected chi connectivity index (χ4v) is 2.99. The summed E-state index contributed by atoms with van der Waals surface area (Å²) in [5.74, 6) is -0.0618. The number of benzene rings is 2. The van der Waals surface area contributed by atoms with Crippen molar-refractivity contribution in [2.45, 2.75) is 19.6 Å². The van der Waals surface area contributed by atoms with Crippen LogP contribution in [0.2, 0.25) is 0 Å². The number of aromatic nitrogens is 2. The Labute approximate surface area is 140 Å². The van der Waals surface area contributed by atoms with Gasteiger partial charge in [0.25, 0.3) is 5.91 Å². The summed E-state index contributed by atoms with van der Waals surface area (Å²) in [7, 11) is 0. The van der Waals surface area contributed by atoms with Gasteiger partial charge in [-0.25, -0.2) is 0 Å². The van der Waals surface area contributed by atoms with Crippen molar-refractivity contribution in [3.63, 3.8) is 0 Å². The van der Waals surface area contributed by atoms with Gasteiger partial charge in [-0.1, -0.05) is 42.5 Å². The van der Waals surface area contributed by atoms with Gasteiger partial charge in [-0.05, 0) is 24.1 Å². The monoisotopic (exact) mass is 318 g/mol. The molecule has 2 aromatic carbocycles. The fourth-order valence-electron chi connectivity index (χ4n) is 2.99. The topological polar surface area (TPSA) is 59.0 Å². The summed E-state index contributed by atoms with van der Waals surface area (Å²) in [5, 5.41) is 10.8. The molecule has 0 radical (unpaired) electrons. The molecule has 120 valence electrons. The van der Waals surface area contributed by atoms with Crippen LogP contribution in [-0.4, -0.2) is 15.7 Å². The van der Waals surface area contributed by atoms with Crippen LogP contribution in [0.5, 0.6) is 0 Å². The largest absolute Gasteiger partial charge is 0.361 e. The maximum absolute atomic E-state index is 12.3. The first-order valence-electron chi connectivity index (χ1n) is 7.94. The quantitative estimate of drug-likeness (QED) is 0.780. The molecule has 3 aromatic rings. The number of anilines is 1. The lowest BCUT2D eigenvalue weighted by Crippen LogP contribution is -2.38. The zero-order chi connectivity index (χ0) is 16.5. The molecule has 1 aromatic heterocycles. The summed E-state index contributed by atoms with van der Waals surface area (Å²) < 4.78 is 1.88. The van der Waals surface area contributed by atoms with Crippen LogP contribution in [0.4, 0.5) is 5.69 Å². The predicted octanol–water partition coefficient (Wildman–Crippen LogP) is 3.09. The van der Waals surface area contributed by atoms with Gasteiger partial charge < -0.3 is 10.6 Å². The number of carbonyl (C=O) groups excluding carboxylic acids is 1. The Bertz CT molecular complexity index is 885. The molecule has 1 atom stereocenters. The van der Waals surface area contributed by atoms with Crippen molar-refractivity contribution in [1.82, 2.24) is 15.1 Å². The molecule has 4 rings (SSSR count). The number of rotatable bonds is 3. The van der Waals surface area contributed by atoms with Crippen molar-refractivity contribution in [3.8, 4) is 0 Å². The normalized spacial score (nSPS) is 16.2. The Balaban J connectivity index is 1.57.